The van der Waals surface area contributed by atoms with E-state index in [1.807, 2.05) is 0 Å². The fraction of sp³-hybridized carbons (Fsp3) is 0.667. The molecular weight excluding hydrogens is 134 g/mol. The van der Waals surface area contributed by atoms with Crippen molar-refractivity contribution in [3.8, 4) is 0 Å². The zero-order chi connectivity index (χ0) is 8.15. The fourth-order valence-electron chi connectivity index (χ4n) is 0.379. The largest absolute Gasteiger partial charge is 0.384 e. The summed E-state index contributed by atoms with van der Waals surface area (Å²) in [4.78, 5) is 20.6. The molecular formula is C6H11NO3. The summed E-state index contributed by atoms with van der Waals surface area (Å²) in [6, 6.07) is -0.526. The van der Waals surface area contributed by atoms with Crippen LogP contribution in [0.15, 0.2) is 0 Å². The van der Waals surface area contributed by atoms with Gasteiger partial charge in [-0.15, -0.1) is 0 Å². The summed E-state index contributed by atoms with van der Waals surface area (Å²) in [5.41, 5.74) is 0. The molecule has 0 heterocycles. The van der Waals surface area contributed by atoms with Gasteiger partial charge in [-0.1, -0.05) is 0 Å². The SMILES string of the molecule is CC(C=O)NC(=O)C(C)O. The molecule has 4 heteroatoms. The first-order valence-corrected chi connectivity index (χ1v) is 3.01. The van der Waals surface area contributed by atoms with Crippen molar-refractivity contribution in [2.45, 2.75) is 26.0 Å². The Bertz CT molecular complexity index is 133. The molecule has 0 bridgehead atoms. The Morgan fingerprint density at radius 3 is 2.40 bits per heavy atom. The number of aliphatic hydroxyl groups is 1. The minimum atomic E-state index is -1.05. The van der Waals surface area contributed by atoms with E-state index in [-0.39, 0.29) is 0 Å². The Labute approximate surface area is 59.2 Å². The highest BCUT2D eigenvalue weighted by Crippen LogP contribution is 1.81. The number of rotatable bonds is 3. The first kappa shape index (κ1) is 9.10. The number of amides is 1. The summed E-state index contributed by atoms with van der Waals surface area (Å²) in [7, 11) is 0. The number of nitrogens with one attached hydrogen (secondary N) is 1. The topological polar surface area (TPSA) is 66.4 Å². The third-order valence-electron chi connectivity index (χ3n) is 0.953. The van der Waals surface area contributed by atoms with Gasteiger partial charge in [-0.2, -0.15) is 0 Å². The number of hydrogen-bond acceptors (Lipinski definition) is 3. The van der Waals surface area contributed by atoms with Crippen molar-refractivity contribution in [2.24, 2.45) is 0 Å². The maximum Gasteiger partial charge on any atom is 0.249 e. The van der Waals surface area contributed by atoms with Crippen LogP contribution in [0.5, 0.6) is 0 Å². The summed E-state index contributed by atoms with van der Waals surface area (Å²) in [6.45, 7) is 2.88. The highest BCUT2D eigenvalue weighted by molar-refractivity contribution is 5.82. The van der Waals surface area contributed by atoms with Gasteiger partial charge in [-0.25, -0.2) is 0 Å². The fourth-order valence-corrected chi connectivity index (χ4v) is 0.379. The van der Waals surface area contributed by atoms with Crippen LogP contribution in [0.1, 0.15) is 13.8 Å². The molecule has 0 aliphatic heterocycles. The third-order valence-corrected chi connectivity index (χ3v) is 0.953. The number of hydrogen-bond donors (Lipinski definition) is 2. The quantitative estimate of drug-likeness (QED) is 0.504. The van der Waals surface area contributed by atoms with E-state index in [0.717, 1.165) is 0 Å². The van der Waals surface area contributed by atoms with Gasteiger partial charge in [0.2, 0.25) is 5.91 Å². The molecule has 0 radical (unpaired) electrons. The Hall–Kier alpha value is -0.900. The zero-order valence-corrected chi connectivity index (χ0v) is 6.00. The van der Waals surface area contributed by atoms with Crippen LogP contribution in [0.3, 0.4) is 0 Å². The molecule has 0 aromatic rings. The van der Waals surface area contributed by atoms with Gasteiger partial charge in [0.05, 0.1) is 6.04 Å². The first-order valence-electron chi connectivity index (χ1n) is 3.01. The van der Waals surface area contributed by atoms with Gasteiger partial charge < -0.3 is 15.2 Å². The van der Waals surface area contributed by atoms with E-state index in [9.17, 15) is 9.59 Å². The molecule has 0 saturated heterocycles. The van der Waals surface area contributed by atoms with Crippen molar-refractivity contribution in [3.63, 3.8) is 0 Å². The van der Waals surface area contributed by atoms with Gasteiger partial charge in [0, 0.05) is 0 Å². The lowest BCUT2D eigenvalue weighted by atomic mass is 10.3. The molecule has 2 N–H and O–H groups in total. The minimum absolute atomic E-state index is 0.526. The second-order valence-corrected chi connectivity index (χ2v) is 2.11. The monoisotopic (exact) mass is 145 g/mol. The lowest BCUT2D eigenvalue weighted by molar-refractivity contribution is -0.130. The van der Waals surface area contributed by atoms with Gasteiger partial charge in [0.25, 0.3) is 0 Å². The molecule has 0 aromatic carbocycles. The molecule has 2 atom stereocenters. The molecule has 0 spiro atoms. The van der Waals surface area contributed by atoms with Crippen molar-refractivity contribution in [1.82, 2.24) is 5.32 Å². The third kappa shape index (κ3) is 3.19. The Kier molecular flexibility index (Phi) is 3.64. The van der Waals surface area contributed by atoms with Crippen molar-refractivity contribution >= 4 is 12.2 Å². The van der Waals surface area contributed by atoms with Gasteiger partial charge in [0.15, 0.2) is 0 Å². The van der Waals surface area contributed by atoms with Crippen LogP contribution >= 0.6 is 0 Å². The van der Waals surface area contributed by atoms with Gasteiger partial charge >= 0.3 is 0 Å². The zero-order valence-electron chi connectivity index (χ0n) is 6.00. The lowest BCUT2D eigenvalue weighted by Gasteiger charge is -2.07. The molecule has 10 heavy (non-hydrogen) atoms. The van der Waals surface area contributed by atoms with Crippen molar-refractivity contribution in [1.29, 1.82) is 0 Å². The predicted octanol–water partition coefficient (Wildman–Crippen LogP) is -0.929. The van der Waals surface area contributed by atoms with Crippen LogP contribution in [0.4, 0.5) is 0 Å². The molecule has 1 amide bonds. The average molecular weight is 145 g/mol. The molecule has 58 valence electrons. The van der Waals surface area contributed by atoms with E-state index >= 15 is 0 Å². The first-order chi connectivity index (χ1) is 4.57. The van der Waals surface area contributed by atoms with Gasteiger partial charge in [0.1, 0.15) is 12.4 Å². The summed E-state index contributed by atoms with van der Waals surface area (Å²) in [5.74, 6) is -0.528. The van der Waals surface area contributed by atoms with Crippen LogP contribution in [-0.4, -0.2) is 29.4 Å². The molecule has 0 saturated carbocycles. The van der Waals surface area contributed by atoms with Crippen molar-refractivity contribution < 1.29 is 14.7 Å². The van der Waals surface area contributed by atoms with Crippen LogP contribution in [0.25, 0.3) is 0 Å². The molecule has 0 rings (SSSR count). The van der Waals surface area contributed by atoms with Gasteiger partial charge in [-0.05, 0) is 13.8 Å². The minimum Gasteiger partial charge on any atom is -0.384 e. The Morgan fingerprint density at radius 2 is 2.10 bits per heavy atom. The molecule has 0 aliphatic carbocycles. The summed E-state index contributed by atoms with van der Waals surface area (Å²) in [6.07, 6.45) is -0.456. The second kappa shape index (κ2) is 4.00. The molecule has 0 aliphatic rings. The maximum absolute atomic E-state index is 10.6. The standard InChI is InChI=1S/C6H11NO3/c1-4(3-8)7-6(10)5(2)9/h3-5,9H,1-2H3,(H,7,10). The van der Waals surface area contributed by atoms with Crippen molar-refractivity contribution in [3.05, 3.63) is 0 Å². The number of carbonyl (C=O) groups is 2. The van der Waals surface area contributed by atoms with E-state index in [2.05, 4.69) is 5.32 Å². The normalized spacial score (nSPS) is 15.5. The van der Waals surface area contributed by atoms with E-state index in [1.165, 1.54) is 13.8 Å². The highest BCUT2D eigenvalue weighted by Gasteiger charge is 2.10. The summed E-state index contributed by atoms with van der Waals surface area (Å²) < 4.78 is 0. The van der Waals surface area contributed by atoms with Crippen LogP contribution in [-0.2, 0) is 9.59 Å². The van der Waals surface area contributed by atoms with E-state index in [4.69, 9.17) is 5.11 Å². The lowest BCUT2D eigenvalue weighted by Crippen LogP contribution is -2.39. The van der Waals surface area contributed by atoms with Crippen LogP contribution < -0.4 is 5.32 Å². The van der Waals surface area contributed by atoms with E-state index in [0.29, 0.717) is 6.29 Å². The smallest absolute Gasteiger partial charge is 0.249 e. The van der Waals surface area contributed by atoms with E-state index in [1.54, 1.807) is 0 Å². The second-order valence-electron chi connectivity index (χ2n) is 2.11. The number of carbonyl (C=O) groups excluding carboxylic acids is 2. The molecule has 2 unspecified atom stereocenters. The van der Waals surface area contributed by atoms with Crippen molar-refractivity contribution in [2.75, 3.05) is 0 Å². The Morgan fingerprint density at radius 1 is 1.60 bits per heavy atom. The molecule has 0 aromatic heterocycles. The molecule has 0 fully saturated rings. The Balaban J connectivity index is 3.68. The van der Waals surface area contributed by atoms with Crippen LogP contribution in [0.2, 0.25) is 0 Å². The average Bonchev–Trinajstić information content (AvgIpc) is 1.87. The summed E-state index contributed by atoms with van der Waals surface area (Å²) >= 11 is 0. The predicted molar refractivity (Wildman–Crippen MR) is 35.3 cm³/mol. The highest BCUT2D eigenvalue weighted by atomic mass is 16.3. The summed E-state index contributed by atoms with van der Waals surface area (Å²) in [5, 5.41) is 10.9. The number of aliphatic hydroxyl groups excluding tert-OH is 1. The van der Waals surface area contributed by atoms with Gasteiger partial charge in [-0.3, -0.25) is 4.79 Å². The van der Waals surface area contributed by atoms with Crippen LogP contribution in [0, 0.1) is 0 Å². The van der Waals surface area contributed by atoms with E-state index < -0.39 is 18.1 Å². The molecule has 4 nitrogen and oxygen atoms in total. The maximum atomic E-state index is 10.6. The number of aldehydes is 1.